The van der Waals surface area contributed by atoms with Gasteiger partial charge < -0.3 is 30.8 Å². The van der Waals surface area contributed by atoms with Crippen LogP contribution in [0.5, 0.6) is 5.75 Å². The number of nitrogens with one attached hydrogen (secondary N) is 3. The Balaban J connectivity index is 1.89. The van der Waals surface area contributed by atoms with Crippen molar-refractivity contribution < 1.29 is 28.3 Å². The number of benzene rings is 1. The third-order valence-corrected chi connectivity index (χ3v) is 4.14. The van der Waals surface area contributed by atoms with E-state index in [1.165, 1.54) is 31.6 Å². The summed E-state index contributed by atoms with van der Waals surface area (Å²) in [5, 5.41) is 7.79. The van der Waals surface area contributed by atoms with E-state index in [4.69, 9.17) is 14.9 Å². The molecule has 0 radical (unpaired) electrons. The van der Waals surface area contributed by atoms with Gasteiger partial charge in [0.2, 0.25) is 11.8 Å². The zero-order valence-corrected chi connectivity index (χ0v) is 14.9. The number of rotatable bonds is 6. The molecule has 0 saturated carbocycles. The van der Waals surface area contributed by atoms with E-state index in [2.05, 4.69) is 16.0 Å². The minimum Gasteiger partial charge on any atom is -0.495 e. The number of amides is 4. The standard InChI is InChI=1S/C18H18N4O6/c1-27-14-7-9-11(8-12(14)22-18(26)13-3-2-6-28-13)21-17(25)10(20-16(9)24)4-5-15(19)23/h2-3,6-8,10H,4-5H2,1H3,(H2,19,23)(H,20,24)(H,21,25)(H,22,26)/t10-/m1/s1. The lowest BCUT2D eigenvalue weighted by Gasteiger charge is -2.14. The molecule has 0 bridgehead atoms. The molecule has 0 aliphatic carbocycles. The summed E-state index contributed by atoms with van der Waals surface area (Å²) in [6, 6.07) is 4.96. The first-order valence-electron chi connectivity index (χ1n) is 8.36. The molecule has 10 heteroatoms. The monoisotopic (exact) mass is 386 g/mol. The molecule has 2 aromatic rings. The molecule has 0 spiro atoms. The molecule has 0 fully saturated rings. The molecule has 1 aromatic carbocycles. The van der Waals surface area contributed by atoms with Crippen molar-refractivity contribution in [2.24, 2.45) is 5.73 Å². The topological polar surface area (TPSA) is 153 Å². The zero-order valence-electron chi connectivity index (χ0n) is 14.9. The molecule has 28 heavy (non-hydrogen) atoms. The second-order valence-electron chi connectivity index (χ2n) is 6.05. The van der Waals surface area contributed by atoms with Gasteiger partial charge in [0.25, 0.3) is 11.8 Å². The summed E-state index contributed by atoms with van der Waals surface area (Å²) in [7, 11) is 1.38. The highest BCUT2D eigenvalue weighted by Gasteiger charge is 2.29. The highest BCUT2D eigenvalue weighted by Crippen LogP contribution is 2.33. The zero-order chi connectivity index (χ0) is 20.3. The molecule has 146 valence electrons. The van der Waals surface area contributed by atoms with Crippen molar-refractivity contribution in [3.63, 3.8) is 0 Å². The number of anilines is 2. The normalized spacial score (nSPS) is 15.7. The van der Waals surface area contributed by atoms with Crippen molar-refractivity contribution in [3.05, 3.63) is 41.9 Å². The first-order valence-corrected chi connectivity index (χ1v) is 8.36. The molecule has 10 nitrogen and oxygen atoms in total. The summed E-state index contributed by atoms with van der Waals surface area (Å²) in [6.45, 7) is 0. The molecule has 2 heterocycles. The summed E-state index contributed by atoms with van der Waals surface area (Å²) in [5.41, 5.74) is 5.70. The van der Waals surface area contributed by atoms with E-state index in [1.54, 1.807) is 6.07 Å². The van der Waals surface area contributed by atoms with E-state index in [0.717, 1.165) is 0 Å². The molecular weight excluding hydrogens is 368 g/mol. The highest BCUT2D eigenvalue weighted by molar-refractivity contribution is 6.12. The first kappa shape index (κ1) is 19.0. The van der Waals surface area contributed by atoms with Crippen LogP contribution >= 0.6 is 0 Å². The van der Waals surface area contributed by atoms with E-state index in [-0.39, 0.29) is 41.3 Å². The Morgan fingerprint density at radius 3 is 2.75 bits per heavy atom. The van der Waals surface area contributed by atoms with Gasteiger partial charge in [-0.15, -0.1) is 0 Å². The predicted molar refractivity (Wildman–Crippen MR) is 98.0 cm³/mol. The third-order valence-electron chi connectivity index (χ3n) is 4.14. The molecule has 1 aromatic heterocycles. The van der Waals surface area contributed by atoms with Gasteiger partial charge in [0, 0.05) is 6.42 Å². The highest BCUT2D eigenvalue weighted by atomic mass is 16.5. The minimum absolute atomic E-state index is 0.0531. The fraction of sp³-hybridized carbons (Fsp3) is 0.222. The smallest absolute Gasteiger partial charge is 0.291 e. The van der Waals surface area contributed by atoms with Crippen molar-refractivity contribution in [2.75, 3.05) is 17.7 Å². The average molecular weight is 386 g/mol. The Hall–Kier alpha value is -3.82. The summed E-state index contributed by atoms with van der Waals surface area (Å²) in [6.07, 6.45) is 1.38. The van der Waals surface area contributed by atoms with Crippen LogP contribution in [0.3, 0.4) is 0 Å². The number of carbonyl (C=O) groups is 4. The fourth-order valence-electron chi connectivity index (χ4n) is 2.74. The van der Waals surface area contributed by atoms with Crippen LogP contribution in [0.2, 0.25) is 0 Å². The molecule has 3 rings (SSSR count). The van der Waals surface area contributed by atoms with E-state index in [0.29, 0.717) is 0 Å². The summed E-state index contributed by atoms with van der Waals surface area (Å²) in [4.78, 5) is 48.1. The molecular formula is C18H18N4O6. The Morgan fingerprint density at radius 2 is 2.11 bits per heavy atom. The third kappa shape index (κ3) is 3.95. The van der Waals surface area contributed by atoms with Crippen LogP contribution in [0.25, 0.3) is 0 Å². The lowest BCUT2D eigenvalue weighted by molar-refractivity contribution is -0.119. The SMILES string of the molecule is COc1cc2c(cc1NC(=O)c1ccco1)NC(=O)[C@@H](CCC(N)=O)NC2=O. The largest absolute Gasteiger partial charge is 0.495 e. The number of carbonyl (C=O) groups excluding carboxylic acids is 4. The van der Waals surface area contributed by atoms with Gasteiger partial charge in [-0.05, 0) is 30.7 Å². The quantitative estimate of drug-likeness (QED) is 0.577. The summed E-state index contributed by atoms with van der Waals surface area (Å²) < 4.78 is 10.3. The number of fused-ring (bicyclic) bond motifs is 1. The Bertz CT molecular complexity index is 938. The second kappa shape index (κ2) is 7.82. The minimum atomic E-state index is -0.917. The van der Waals surface area contributed by atoms with Crippen molar-refractivity contribution in [3.8, 4) is 5.75 Å². The Labute approximate surface area is 159 Å². The van der Waals surface area contributed by atoms with Crippen LogP contribution in [0.4, 0.5) is 11.4 Å². The average Bonchev–Trinajstić information content (AvgIpc) is 3.16. The molecule has 1 aliphatic heterocycles. The number of methoxy groups -OCH3 is 1. The van der Waals surface area contributed by atoms with Crippen LogP contribution in [0.15, 0.2) is 34.9 Å². The number of primary amides is 1. The van der Waals surface area contributed by atoms with Crippen LogP contribution in [-0.4, -0.2) is 36.8 Å². The fourth-order valence-corrected chi connectivity index (χ4v) is 2.74. The number of hydrogen-bond donors (Lipinski definition) is 4. The van der Waals surface area contributed by atoms with E-state index in [9.17, 15) is 19.2 Å². The van der Waals surface area contributed by atoms with E-state index in [1.807, 2.05) is 0 Å². The lowest BCUT2D eigenvalue weighted by Crippen LogP contribution is -2.41. The molecule has 0 saturated heterocycles. The number of hydrogen-bond acceptors (Lipinski definition) is 6. The first-order chi connectivity index (χ1) is 13.4. The maximum atomic E-state index is 12.5. The summed E-state index contributed by atoms with van der Waals surface area (Å²) >= 11 is 0. The Morgan fingerprint density at radius 1 is 1.32 bits per heavy atom. The lowest BCUT2D eigenvalue weighted by atomic mass is 10.1. The maximum absolute atomic E-state index is 12.5. The van der Waals surface area contributed by atoms with Gasteiger partial charge in [0.1, 0.15) is 11.8 Å². The molecule has 1 aliphatic rings. The molecule has 1 atom stereocenters. The maximum Gasteiger partial charge on any atom is 0.291 e. The van der Waals surface area contributed by atoms with Crippen molar-refractivity contribution in [1.29, 1.82) is 0 Å². The van der Waals surface area contributed by atoms with Crippen molar-refractivity contribution in [1.82, 2.24) is 5.32 Å². The van der Waals surface area contributed by atoms with E-state index < -0.39 is 29.7 Å². The van der Waals surface area contributed by atoms with Crippen molar-refractivity contribution in [2.45, 2.75) is 18.9 Å². The van der Waals surface area contributed by atoms with Gasteiger partial charge in [0.15, 0.2) is 5.76 Å². The van der Waals surface area contributed by atoms with Crippen LogP contribution < -0.4 is 26.4 Å². The van der Waals surface area contributed by atoms with Gasteiger partial charge in [-0.1, -0.05) is 0 Å². The van der Waals surface area contributed by atoms with Gasteiger partial charge in [-0.25, -0.2) is 0 Å². The van der Waals surface area contributed by atoms with Gasteiger partial charge in [0.05, 0.1) is 30.3 Å². The van der Waals surface area contributed by atoms with Gasteiger partial charge in [-0.3, -0.25) is 19.2 Å². The molecule has 5 N–H and O–H groups in total. The second-order valence-corrected chi connectivity index (χ2v) is 6.05. The molecule has 4 amide bonds. The summed E-state index contributed by atoms with van der Waals surface area (Å²) in [5.74, 6) is -1.81. The predicted octanol–water partition coefficient (Wildman–Crippen LogP) is 0.856. The van der Waals surface area contributed by atoms with E-state index >= 15 is 0 Å². The number of furan rings is 1. The van der Waals surface area contributed by atoms with Crippen LogP contribution in [0, 0.1) is 0 Å². The number of nitrogens with two attached hydrogens (primary N) is 1. The van der Waals surface area contributed by atoms with Gasteiger partial charge >= 0.3 is 0 Å². The molecule has 0 unspecified atom stereocenters. The van der Waals surface area contributed by atoms with Crippen LogP contribution in [0.1, 0.15) is 33.8 Å². The van der Waals surface area contributed by atoms with Gasteiger partial charge in [-0.2, -0.15) is 0 Å². The Kier molecular flexibility index (Phi) is 5.30. The van der Waals surface area contributed by atoms with Crippen molar-refractivity contribution >= 4 is 35.0 Å². The van der Waals surface area contributed by atoms with Crippen LogP contribution in [-0.2, 0) is 9.59 Å². The number of ether oxygens (including phenoxy) is 1.